The van der Waals surface area contributed by atoms with Crippen molar-refractivity contribution in [1.82, 2.24) is 15.2 Å². The van der Waals surface area contributed by atoms with Gasteiger partial charge in [0.25, 0.3) is 0 Å². The Kier molecular flexibility index (Phi) is 9.48. The van der Waals surface area contributed by atoms with Gasteiger partial charge in [-0.25, -0.2) is 0 Å². The molecule has 2 aromatic rings. The third kappa shape index (κ3) is 6.53. The van der Waals surface area contributed by atoms with Gasteiger partial charge in [0.2, 0.25) is 11.8 Å². The van der Waals surface area contributed by atoms with E-state index >= 15 is 0 Å². The highest BCUT2D eigenvalue weighted by molar-refractivity contribution is 6.32. The van der Waals surface area contributed by atoms with Crippen LogP contribution in [-0.4, -0.2) is 46.7 Å². The number of hydrogen-bond donors (Lipinski definition) is 4. The standard InChI is InChI=1S/C19H25ClN4O3.ClH/c1-12(18(26)22-10-15(25)11-23-19(27)13(2)21)14-5-6-17(16(20)9-14)24-7-3-4-8-24;/h3-9,12-13,15,25H,10-11,21H2,1-2H3,(H,22,26)(H,23,27);1H/t12?,13-,15?;/m0./s1. The van der Waals surface area contributed by atoms with Crippen LogP contribution in [0.4, 0.5) is 0 Å². The molecule has 0 aliphatic rings. The normalized spacial score (nSPS) is 13.8. The van der Waals surface area contributed by atoms with Crippen molar-refractivity contribution in [3.05, 3.63) is 53.3 Å². The number of nitrogens with two attached hydrogens (primary N) is 1. The molecule has 9 heteroatoms. The van der Waals surface area contributed by atoms with E-state index in [0.717, 1.165) is 11.3 Å². The van der Waals surface area contributed by atoms with Gasteiger partial charge in [0.05, 0.1) is 28.8 Å². The SMILES string of the molecule is CC(C(=O)NCC(O)CNC(=O)[C@H](C)N)c1ccc(-n2cccc2)c(Cl)c1.Cl. The Morgan fingerprint density at radius 3 is 2.25 bits per heavy atom. The molecular formula is C19H26Cl2N4O3. The number of amides is 2. The second-order valence-electron chi connectivity index (χ2n) is 6.46. The summed E-state index contributed by atoms with van der Waals surface area (Å²) < 4.78 is 1.89. The van der Waals surface area contributed by atoms with Crippen molar-refractivity contribution in [2.24, 2.45) is 5.73 Å². The molecule has 2 unspecified atom stereocenters. The minimum absolute atomic E-state index is 0. The Balaban J connectivity index is 0.00000392. The molecule has 0 radical (unpaired) electrons. The van der Waals surface area contributed by atoms with Gasteiger partial charge in [0.15, 0.2) is 0 Å². The first-order valence-corrected chi connectivity index (χ1v) is 9.09. The molecular weight excluding hydrogens is 403 g/mol. The summed E-state index contributed by atoms with van der Waals surface area (Å²) in [5.74, 6) is -1.03. The lowest BCUT2D eigenvalue weighted by Crippen LogP contribution is -2.45. The Morgan fingerprint density at radius 1 is 1.14 bits per heavy atom. The number of carbonyl (C=O) groups is 2. The van der Waals surface area contributed by atoms with Crippen LogP contribution in [0.3, 0.4) is 0 Å². The van der Waals surface area contributed by atoms with Gasteiger partial charge in [-0.05, 0) is 43.7 Å². The molecule has 1 aromatic carbocycles. The molecule has 0 saturated carbocycles. The van der Waals surface area contributed by atoms with Gasteiger partial charge in [-0.2, -0.15) is 0 Å². The third-order valence-corrected chi connectivity index (χ3v) is 4.49. The second-order valence-corrected chi connectivity index (χ2v) is 6.86. The molecule has 2 rings (SSSR count). The predicted molar refractivity (Wildman–Crippen MR) is 112 cm³/mol. The lowest BCUT2D eigenvalue weighted by Gasteiger charge is -2.17. The highest BCUT2D eigenvalue weighted by Crippen LogP contribution is 2.26. The molecule has 1 aromatic heterocycles. The lowest BCUT2D eigenvalue weighted by molar-refractivity contribution is -0.122. The van der Waals surface area contributed by atoms with Crippen molar-refractivity contribution in [3.63, 3.8) is 0 Å². The maximum Gasteiger partial charge on any atom is 0.236 e. The van der Waals surface area contributed by atoms with Gasteiger partial charge in [-0.1, -0.05) is 17.7 Å². The molecule has 0 fully saturated rings. The Labute approximate surface area is 175 Å². The summed E-state index contributed by atoms with van der Waals surface area (Å²) in [6.45, 7) is 3.36. The monoisotopic (exact) mass is 428 g/mol. The summed E-state index contributed by atoms with van der Waals surface area (Å²) in [4.78, 5) is 23.7. The molecule has 7 nitrogen and oxygen atoms in total. The first kappa shape index (κ1) is 24.0. The van der Waals surface area contributed by atoms with Gasteiger partial charge in [0.1, 0.15) is 0 Å². The highest BCUT2D eigenvalue weighted by Gasteiger charge is 2.18. The maximum absolute atomic E-state index is 12.3. The van der Waals surface area contributed by atoms with Gasteiger partial charge in [-0.15, -0.1) is 12.4 Å². The van der Waals surface area contributed by atoms with Crippen molar-refractivity contribution in [1.29, 1.82) is 0 Å². The smallest absolute Gasteiger partial charge is 0.236 e. The van der Waals surface area contributed by atoms with Crippen molar-refractivity contribution < 1.29 is 14.7 Å². The zero-order valence-corrected chi connectivity index (χ0v) is 17.3. The summed E-state index contributed by atoms with van der Waals surface area (Å²) >= 11 is 6.35. The van der Waals surface area contributed by atoms with Crippen LogP contribution in [0.1, 0.15) is 25.3 Å². The number of benzene rings is 1. The third-order valence-electron chi connectivity index (χ3n) is 4.19. The van der Waals surface area contributed by atoms with Gasteiger partial charge in [0, 0.05) is 25.5 Å². The molecule has 1 heterocycles. The molecule has 0 bridgehead atoms. The van der Waals surface area contributed by atoms with Crippen LogP contribution >= 0.6 is 24.0 Å². The molecule has 2 amide bonds. The molecule has 28 heavy (non-hydrogen) atoms. The number of aliphatic hydroxyl groups excluding tert-OH is 1. The average Bonchev–Trinajstić information content (AvgIpc) is 3.17. The fourth-order valence-electron chi connectivity index (χ4n) is 2.47. The summed E-state index contributed by atoms with van der Waals surface area (Å²) in [7, 11) is 0. The Morgan fingerprint density at radius 2 is 1.71 bits per heavy atom. The molecule has 3 atom stereocenters. The summed E-state index contributed by atoms with van der Waals surface area (Å²) in [6, 6.07) is 8.64. The van der Waals surface area contributed by atoms with Crippen LogP contribution < -0.4 is 16.4 Å². The van der Waals surface area contributed by atoms with E-state index in [0.29, 0.717) is 5.02 Å². The number of nitrogens with zero attached hydrogens (tertiary/aromatic N) is 1. The topological polar surface area (TPSA) is 109 Å². The fourth-order valence-corrected chi connectivity index (χ4v) is 2.76. The summed E-state index contributed by atoms with van der Waals surface area (Å²) in [5, 5.41) is 15.6. The number of hydrogen-bond acceptors (Lipinski definition) is 4. The molecule has 154 valence electrons. The van der Waals surface area contributed by atoms with Crippen LogP contribution in [0.15, 0.2) is 42.7 Å². The van der Waals surface area contributed by atoms with Crippen molar-refractivity contribution >= 4 is 35.8 Å². The van der Waals surface area contributed by atoms with Crippen LogP contribution in [0.5, 0.6) is 0 Å². The minimum Gasteiger partial charge on any atom is -0.389 e. The first-order valence-electron chi connectivity index (χ1n) is 8.71. The van der Waals surface area contributed by atoms with E-state index in [1.165, 1.54) is 0 Å². The number of aromatic nitrogens is 1. The number of nitrogens with one attached hydrogen (secondary N) is 2. The van der Waals surface area contributed by atoms with Gasteiger partial charge >= 0.3 is 0 Å². The number of halogens is 2. The van der Waals surface area contributed by atoms with Crippen LogP contribution in [0, 0.1) is 0 Å². The zero-order chi connectivity index (χ0) is 20.0. The Hall–Kier alpha value is -2.06. The van der Waals surface area contributed by atoms with Crippen molar-refractivity contribution in [3.8, 4) is 5.69 Å². The van der Waals surface area contributed by atoms with Crippen LogP contribution in [-0.2, 0) is 9.59 Å². The van der Waals surface area contributed by atoms with Crippen LogP contribution in [0.25, 0.3) is 5.69 Å². The van der Waals surface area contributed by atoms with E-state index < -0.39 is 18.1 Å². The molecule has 0 aliphatic carbocycles. The average molecular weight is 429 g/mol. The maximum atomic E-state index is 12.3. The number of rotatable bonds is 8. The van der Waals surface area contributed by atoms with E-state index in [-0.39, 0.29) is 37.3 Å². The van der Waals surface area contributed by atoms with Gasteiger partial charge in [-0.3, -0.25) is 9.59 Å². The fraction of sp³-hybridized carbons (Fsp3) is 0.368. The number of carbonyl (C=O) groups excluding carboxylic acids is 2. The summed E-state index contributed by atoms with van der Waals surface area (Å²) in [6.07, 6.45) is 2.88. The lowest BCUT2D eigenvalue weighted by atomic mass is 10.00. The van der Waals surface area contributed by atoms with Gasteiger partial charge < -0.3 is 26.0 Å². The quantitative estimate of drug-likeness (QED) is 0.511. The molecule has 0 aliphatic heterocycles. The minimum atomic E-state index is -0.899. The van der Waals surface area contributed by atoms with E-state index in [2.05, 4.69) is 10.6 Å². The second kappa shape index (κ2) is 11.1. The van der Waals surface area contributed by atoms with E-state index in [1.54, 1.807) is 19.9 Å². The molecule has 5 N–H and O–H groups in total. The largest absolute Gasteiger partial charge is 0.389 e. The summed E-state index contributed by atoms with van der Waals surface area (Å²) in [5.41, 5.74) is 7.03. The van der Waals surface area contributed by atoms with E-state index in [1.807, 2.05) is 41.2 Å². The molecule has 0 saturated heterocycles. The van der Waals surface area contributed by atoms with Crippen molar-refractivity contribution in [2.75, 3.05) is 13.1 Å². The molecule has 0 spiro atoms. The van der Waals surface area contributed by atoms with Crippen molar-refractivity contribution in [2.45, 2.75) is 31.9 Å². The van der Waals surface area contributed by atoms with Crippen LogP contribution in [0.2, 0.25) is 5.02 Å². The van der Waals surface area contributed by atoms with E-state index in [9.17, 15) is 14.7 Å². The van der Waals surface area contributed by atoms with E-state index in [4.69, 9.17) is 17.3 Å². The number of aliphatic hydroxyl groups is 1. The Bertz CT molecular complexity index is 781. The highest BCUT2D eigenvalue weighted by atomic mass is 35.5. The predicted octanol–water partition coefficient (Wildman–Crippen LogP) is 1.60. The zero-order valence-electron chi connectivity index (χ0n) is 15.8. The first-order chi connectivity index (χ1) is 12.8.